The van der Waals surface area contributed by atoms with Crippen LogP contribution in [0.4, 0.5) is 0 Å². The number of carbonyl (C=O) groups excluding carboxylic acids is 1. The fraction of sp³-hybridized carbons (Fsp3) is 0.571. The van der Waals surface area contributed by atoms with Gasteiger partial charge in [0.2, 0.25) is 5.91 Å². The Labute approximate surface area is 137 Å². The van der Waals surface area contributed by atoms with Crippen LogP contribution in [0.5, 0.6) is 0 Å². The molecule has 0 radical (unpaired) electrons. The average molecular weight is 348 g/mol. The lowest BCUT2D eigenvalue weighted by Gasteiger charge is -2.41. The predicted molar refractivity (Wildman–Crippen MR) is 87.1 cm³/mol. The number of rotatable bonds is 5. The zero-order chi connectivity index (χ0) is 15.5. The number of thiophene rings is 1. The van der Waals surface area contributed by atoms with Gasteiger partial charge in [-0.2, -0.15) is 0 Å². The van der Waals surface area contributed by atoms with Crippen molar-refractivity contribution in [1.29, 1.82) is 0 Å². The molecular weight excluding hydrogens is 330 g/mol. The standard InChI is InChI=1S/C14H18ClNO3S2/c1-14(13(18)19)6-2-3-7-16(14)12(17)9-20-8-10-4-5-11(15)21-10/h4-5H,2-3,6-9H2,1H3,(H,18,19). The molecule has 0 saturated carbocycles. The van der Waals surface area contributed by atoms with E-state index in [4.69, 9.17) is 11.6 Å². The van der Waals surface area contributed by atoms with E-state index in [2.05, 4.69) is 0 Å². The molecule has 1 aliphatic heterocycles. The largest absolute Gasteiger partial charge is 0.480 e. The minimum Gasteiger partial charge on any atom is -0.480 e. The zero-order valence-electron chi connectivity index (χ0n) is 11.8. The third-order valence-corrected chi connectivity index (χ3v) is 6.13. The summed E-state index contributed by atoms with van der Waals surface area (Å²) in [4.78, 5) is 26.5. The van der Waals surface area contributed by atoms with E-state index < -0.39 is 11.5 Å². The second kappa shape index (κ2) is 7.03. The van der Waals surface area contributed by atoms with E-state index in [1.807, 2.05) is 12.1 Å². The second-order valence-electron chi connectivity index (χ2n) is 5.28. The number of likely N-dealkylation sites (tertiary alicyclic amines) is 1. The van der Waals surface area contributed by atoms with Crippen molar-refractivity contribution < 1.29 is 14.7 Å². The van der Waals surface area contributed by atoms with Gasteiger partial charge in [-0.25, -0.2) is 4.79 Å². The molecule has 0 spiro atoms. The van der Waals surface area contributed by atoms with E-state index in [1.165, 1.54) is 28.0 Å². The van der Waals surface area contributed by atoms with Crippen molar-refractivity contribution in [3.63, 3.8) is 0 Å². The summed E-state index contributed by atoms with van der Waals surface area (Å²) in [6.07, 6.45) is 2.26. The summed E-state index contributed by atoms with van der Waals surface area (Å²) in [5.41, 5.74) is -1.05. The third-order valence-electron chi connectivity index (χ3n) is 3.75. The average Bonchev–Trinajstić information content (AvgIpc) is 2.84. The highest BCUT2D eigenvalue weighted by atomic mass is 35.5. The van der Waals surface area contributed by atoms with Crippen molar-refractivity contribution in [3.8, 4) is 0 Å². The molecule has 4 nitrogen and oxygen atoms in total. The van der Waals surface area contributed by atoms with Gasteiger partial charge in [-0.15, -0.1) is 23.1 Å². The summed E-state index contributed by atoms with van der Waals surface area (Å²) in [5, 5.41) is 9.41. The molecule has 1 aliphatic rings. The highest BCUT2D eigenvalue weighted by Crippen LogP contribution is 2.30. The van der Waals surface area contributed by atoms with Crippen LogP contribution in [-0.2, 0) is 15.3 Å². The molecule has 1 aromatic rings. The third kappa shape index (κ3) is 3.93. The molecular formula is C14H18ClNO3S2. The normalized spacial score (nSPS) is 22.3. The van der Waals surface area contributed by atoms with Gasteiger partial charge >= 0.3 is 5.97 Å². The van der Waals surface area contributed by atoms with Gasteiger partial charge in [0, 0.05) is 17.2 Å². The maximum Gasteiger partial charge on any atom is 0.329 e. The first-order valence-corrected chi connectivity index (χ1v) is 9.14. The van der Waals surface area contributed by atoms with E-state index in [0.717, 1.165) is 27.8 Å². The number of carbonyl (C=O) groups is 2. The first-order chi connectivity index (χ1) is 9.93. The number of carboxylic acids is 1. The molecule has 1 aromatic heterocycles. The van der Waals surface area contributed by atoms with E-state index >= 15 is 0 Å². The number of carboxylic acid groups (broad SMARTS) is 1. The Hall–Kier alpha value is -0.720. The molecule has 7 heteroatoms. The topological polar surface area (TPSA) is 57.6 Å². The van der Waals surface area contributed by atoms with Gasteiger partial charge in [0.15, 0.2) is 0 Å². The molecule has 2 rings (SSSR count). The second-order valence-corrected chi connectivity index (χ2v) is 8.07. The van der Waals surface area contributed by atoms with E-state index in [0.29, 0.717) is 18.7 Å². The van der Waals surface area contributed by atoms with E-state index in [-0.39, 0.29) is 5.91 Å². The SMILES string of the molecule is CC1(C(=O)O)CCCCN1C(=O)CSCc1ccc(Cl)s1. The quantitative estimate of drug-likeness (QED) is 0.885. The molecule has 2 heterocycles. The lowest BCUT2D eigenvalue weighted by atomic mass is 9.88. The van der Waals surface area contributed by atoms with E-state index in [1.54, 1.807) is 6.92 Å². The molecule has 1 N–H and O–H groups in total. The molecule has 1 atom stereocenters. The number of amides is 1. The number of halogens is 1. The van der Waals surface area contributed by atoms with Crippen LogP contribution in [0.15, 0.2) is 12.1 Å². The summed E-state index contributed by atoms with van der Waals surface area (Å²) in [6, 6.07) is 3.79. The summed E-state index contributed by atoms with van der Waals surface area (Å²) in [6.45, 7) is 2.18. The monoisotopic (exact) mass is 347 g/mol. The minimum absolute atomic E-state index is 0.0905. The Bertz CT molecular complexity index is 534. The van der Waals surface area contributed by atoms with Crippen molar-refractivity contribution in [3.05, 3.63) is 21.3 Å². The Balaban J connectivity index is 1.90. The van der Waals surface area contributed by atoms with Crippen LogP contribution in [-0.4, -0.2) is 39.7 Å². The van der Waals surface area contributed by atoms with Gasteiger partial charge in [0.1, 0.15) is 5.54 Å². The Kier molecular flexibility index (Phi) is 5.57. The number of piperidine rings is 1. The van der Waals surface area contributed by atoms with Crippen LogP contribution in [0.1, 0.15) is 31.1 Å². The Morgan fingerprint density at radius 3 is 2.86 bits per heavy atom. The number of thioether (sulfide) groups is 1. The van der Waals surface area contributed by atoms with Crippen molar-refractivity contribution >= 4 is 46.6 Å². The molecule has 0 aliphatic carbocycles. The van der Waals surface area contributed by atoms with Crippen LogP contribution in [0.25, 0.3) is 0 Å². The molecule has 1 saturated heterocycles. The summed E-state index contributed by atoms with van der Waals surface area (Å²) < 4.78 is 0.742. The van der Waals surface area contributed by atoms with Gasteiger partial charge in [-0.05, 0) is 38.3 Å². The van der Waals surface area contributed by atoms with Gasteiger partial charge < -0.3 is 10.0 Å². The first-order valence-electron chi connectivity index (χ1n) is 6.79. The van der Waals surface area contributed by atoms with Crippen molar-refractivity contribution in [2.75, 3.05) is 12.3 Å². The van der Waals surface area contributed by atoms with Gasteiger partial charge in [0.25, 0.3) is 0 Å². The molecule has 1 amide bonds. The van der Waals surface area contributed by atoms with Crippen LogP contribution >= 0.6 is 34.7 Å². The minimum atomic E-state index is -1.05. The van der Waals surface area contributed by atoms with Crippen molar-refractivity contribution in [1.82, 2.24) is 4.90 Å². The summed E-state index contributed by atoms with van der Waals surface area (Å²) in [5.74, 6) is 0.0249. The highest BCUT2D eigenvalue weighted by Gasteiger charge is 2.43. The smallest absolute Gasteiger partial charge is 0.329 e. The fourth-order valence-electron chi connectivity index (χ4n) is 2.49. The van der Waals surface area contributed by atoms with E-state index in [9.17, 15) is 14.7 Å². The lowest BCUT2D eigenvalue weighted by Crippen LogP contribution is -2.58. The first kappa shape index (κ1) is 16.6. The maximum absolute atomic E-state index is 12.3. The fourth-order valence-corrected chi connectivity index (χ4v) is 4.59. The Morgan fingerprint density at radius 2 is 2.24 bits per heavy atom. The zero-order valence-corrected chi connectivity index (χ0v) is 14.2. The van der Waals surface area contributed by atoms with Gasteiger partial charge in [-0.1, -0.05) is 11.6 Å². The van der Waals surface area contributed by atoms with Crippen LogP contribution < -0.4 is 0 Å². The summed E-state index contributed by atoms with van der Waals surface area (Å²) >= 11 is 8.87. The number of hydrogen-bond acceptors (Lipinski definition) is 4. The highest BCUT2D eigenvalue weighted by molar-refractivity contribution is 7.99. The van der Waals surface area contributed by atoms with Gasteiger partial charge in [-0.3, -0.25) is 4.79 Å². The van der Waals surface area contributed by atoms with Gasteiger partial charge in [0.05, 0.1) is 10.1 Å². The number of nitrogens with zero attached hydrogens (tertiary/aromatic N) is 1. The maximum atomic E-state index is 12.3. The van der Waals surface area contributed by atoms with Crippen molar-refractivity contribution in [2.45, 2.75) is 37.5 Å². The molecule has 116 valence electrons. The number of aliphatic carboxylic acids is 1. The van der Waals surface area contributed by atoms with Crippen LogP contribution in [0, 0.1) is 0 Å². The molecule has 0 bridgehead atoms. The van der Waals surface area contributed by atoms with Crippen LogP contribution in [0.3, 0.4) is 0 Å². The predicted octanol–water partition coefficient (Wildman–Crippen LogP) is 3.49. The molecule has 0 aromatic carbocycles. The van der Waals surface area contributed by atoms with Crippen molar-refractivity contribution in [2.24, 2.45) is 0 Å². The number of hydrogen-bond donors (Lipinski definition) is 1. The Morgan fingerprint density at radius 1 is 1.48 bits per heavy atom. The molecule has 21 heavy (non-hydrogen) atoms. The summed E-state index contributed by atoms with van der Waals surface area (Å²) in [7, 11) is 0. The lowest BCUT2D eigenvalue weighted by molar-refractivity contribution is -0.159. The van der Waals surface area contributed by atoms with Crippen LogP contribution in [0.2, 0.25) is 4.34 Å². The molecule has 1 unspecified atom stereocenters. The molecule has 1 fully saturated rings.